The zero-order valence-corrected chi connectivity index (χ0v) is 8.05. The Kier molecular flexibility index (Phi) is 2.46. The van der Waals surface area contributed by atoms with E-state index in [1.165, 1.54) is 5.01 Å². The minimum Gasteiger partial charge on any atom is -0.273 e. The average molecular weight is 199 g/mol. The highest BCUT2D eigenvalue weighted by Gasteiger charge is 2.16. The van der Waals surface area contributed by atoms with Gasteiger partial charge in [-0.1, -0.05) is 12.1 Å². The zero-order chi connectivity index (χ0) is 10.7. The van der Waals surface area contributed by atoms with E-state index >= 15 is 0 Å². The number of carbonyl (C=O) groups is 1. The lowest BCUT2D eigenvalue weighted by Gasteiger charge is -2.11. The Hall–Kier alpha value is -2.15. The molecule has 0 spiro atoms. The van der Waals surface area contributed by atoms with E-state index in [0.29, 0.717) is 18.5 Å². The van der Waals surface area contributed by atoms with Crippen molar-refractivity contribution in [3.8, 4) is 6.07 Å². The van der Waals surface area contributed by atoms with Gasteiger partial charge in [0.25, 0.3) is 0 Å². The van der Waals surface area contributed by atoms with Crippen LogP contribution < -0.4 is 0 Å². The zero-order valence-electron chi connectivity index (χ0n) is 8.05. The first kappa shape index (κ1) is 9.41. The third-order valence-corrected chi connectivity index (χ3v) is 2.19. The van der Waals surface area contributed by atoms with Gasteiger partial charge in [0.2, 0.25) is 5.91 Å². The van der Waals surface area contributed by atoms with E-state index in [-0.39, 0.29) is 5.91 Å². The lowest BCUT2D eigenvalue weighted by Crippen LogP contribution is -2.19. The van der Waals surface area contributed by atoms with Crippen LogP contribution in [0.5, 0.6) is 0 Å². The summed E-state index contributed by atoms with van der Waals surface area (Å²) in [6.07, 6.45) is 1.99. The molecule has 1 aromatic rings. The van der Waals surface area contributed by atoms with E-state index in [2.05, 4.69) is 5.10 Å². The van der Waals surface area contributed by atoms with Crippen molar-refractivity contribution in [2.45, 2.75) is 13.0 Å². The summed E-state index contributed by atoms with van der Waals surface area (Å²) < 4.78 is 0. The number of hydrazone groups is 1. The Morgan fingerprint density at radius 1 is 1.40 bits per heavy atom. The molecule has 1 aliphatic rings. The first-order valence-corrected chi connectivity index (χ1v) is 4.61. The molecule has 1 aromatic carbocycles. The van der Waals surface area contributed by atoms with E-state index in [9.17, 15) is 4.79 Å². The second-order valence-corrected chi connectivity index (χ2v) is 3.26. The number of nitriles is 1. The second kappa shape index (κ2) is 3.93. The number of rotatable bonds is 2. The van der Waals surface area contributed by atoms with Gasteiger partial charge in [-0.15, -0.1) is 0 Å². The number of benzene rings is 1. The largest absolute Gasteiger partial charge is 0.273 e. The van der Waals surface area contributed by atoms with Crippen LogP contribution in [0.3, 0.4) is 0 Å². The Labute approximate surface area is 87.4 Å². The maximum atomic E-state index is 11.3. The van der Waals surface area contributed by atoms with Crippen LogP contribution in [0.15, 0.2) is 29.4 Å². The topological polar surface area (TPSA) is 56.5 Å². The van der Waals surface area contributed by atoms with Gasteiger partial charge in [0.1, 0.15) is 0 Å². The lowest BCUT2D eigenvalue weighted by molar-refractivity contribution is -0.129. The minimum absolute atomic E-state index is 0.0133. The van der Waals surface area contributed by atoms with Gasteiger partial charge in [-0.05, 0) is 17.7 Å². The molecule has 0 atom stereocenters. The smallest absolute Gasteiger partial charge is 0.248 e. The van der Waals surface area contributed by atoms with Crippen molar-refractivity contribution in [3.05, 3.63) is 35.4 Å². The Bertz CT molecular complexity index is 442. The fraction of sp³-hybridized carbons (Fsp3) is 0.182. The average Bonchev–Trinajstić information content (AvgIpc) is 2.66. The fourth-order valence-electron chi connectivity index (χ4n) is 1.37. The van der Waals surface area contributed by atoms with E-state index in [4.69, 9.17) is 5.26 Å². The summed E-state index contributed by atoms with van der Waals surface area (Å²) in [6.45, 7) is 0.473. The first-order valence-electron chi connectivity index (χ1n) is 4.61. The standard InChI is InChI=1S/C11H9N3O/c12-7-9-1-3-10(4-2-9)8-14-11(15)5-6-13-14/h1-4,6H,5,8H2. The van der Waals surface area contributed by atoms with Crippen molar-refractivity contribution < 1.29 is 4.79 Å². The van der Waals surface area contributed by atoms with Crippen molar-refractivity contribution in [2.75, 3.05) is 0 Å². The number of hydrogen-bond acceptors (Lipinski definition) is 3. The van der Waals surface area contributed by atoms with Gasteiger partial charge in [-0.2, -0.15) is 10.4 Å². The quantitative estimate of drug-likeness (QED) is 0.720. The van der Waals surface area contributed by atoms with Crippen molar-refractivity contribution in [2.24, 2.45) is 5.10 Å². The molecule has 0 unspecified atom stereocenters. The van der Waals surface area contributed by atoms with E-state index in [1.807, 2.05) is 18.2 Å². The molecule has 1 aliphatic heterocycles. The molecule has 0 N–H and O–H groups in total. The summed E-state index contributed by atoms with van der Waals surface area (Å²) in [7, 11) is 0. The van der Waals surface area contributed by atoms with Crippen LogP contribution in [-0.4, -0.2) is 17.1 Å². The molecule has 4 heteroatoms. The van der Waals surface area contributed by atoms with Crippen LogP contribution in [-0.2, 0) is 11.3 Å². The maximum absolute atomic E-state index is 11.3. The second-order valence-electron chi connectivity index (χ2n) is 3.26. The molecule has 74 valence electrons. The Morgan fingerprint density at radius 2 is 2.13 bits per heavy atom. The van der Waals surface area contributed by atoms with Crippen molar-refractivity contribution in [3.63, 3.8) is 0 Å². The molecule has 0 saturated carbocycles. The van der Waals surface area contributed by atoms with E-state index in [0.717, 1.165) is 5.56 Å². The number of hydrogen-bond donors (Lipinski definition) is 0. The monoisotopic (exact) mass is 199 g/mol. The summed E-state index contributed by atoms with van der Waals surface area (Å²) in [5, 5.41) is 14.0. The van der Waals surface area contributed by atoms with Crippen LogP contribution in [0.25, 0.3) is 0 Å². The summed E-state index contributed by atoms with van der Waals surface area (Å²) in [6, 6.07) is 9.18. The molecule has 0 aliphatic carbocycles. The van der Waals surface area contributed by atoms with Crippen LogP contribution in [0.1, 0.15) is 17.5 Å². The highest BCUT2D eigenvalue weighted by Crippen LogP contribution is 2.10. The molecule has 1 amide bonds. The van der Waals surface area contributed by atoms with Gasteiger partial charge in [0, 0.05) is 6.21 Å². The van der Waals surface area contributed by atoms with Gasteiger partial charge in [0.15, 0.2) is 0 Å². The Morgan fingerprint density at radius 3 is 2.67 bits per heavy atom. The normalized spacial score (nSPS) is 14.3. The van der Waals surface area contributed by atoms with Gasteiger partial charge < -0.3 is 0 Å². The summed E-state index contributed by atoms with van der Waals surface area (Å²) in [5.41, 5.74) is 1.59. The molecule has 0 saturated heterocycles. The highest BCUT2D eigenvalue weighted by atomic mass is 16.2. The SMILES string of the molecule is N#Cc1ccc(CN2N=CCC2=O)cc1. The molecule has 0 bridgehead atoms. The van der Waals surface area contributed by atoms with Gasteiger partial charge in [-0.25, -0.2) is 5.01 Å². The fourth-order valence-corrected chi connectivity index (χ4v) is 1.37. The van der Waals surface area contributed by atoms with Gasteiger partial charge >= 0.3 is 0 Å². The third kappa shape index (κ3) is 2.02. The molecule has 0 aromatic heterocycles. The predicted molar refractivity (Wildman–Crippen MR) is 54.8 cm³/mol. The number of amides is 1. The van der Waals surface area contributed by atoms with Crippen molar-refractivity contribution in [1.82, 2.24) is 5.01 Å². The molecule has 1 heterocycles. The lowest BCUT2D eigenvalue weighted by atomic mass is 10.1. The summed E-state index contributed by atoms with van der Waals surface area (Å²) in [4.78, 5) is 11.3. The third-order valence-electron chi connectivity index (χ3n) is 2.19. The molecular formula is C11H9N3O. The number of carbonyl (C=O) groups excluding carboxylic acids is 1. The molecule has 4 nitrogen and oxygen atoms in total. The van der Waals surface area contributed by atoms with E-state index < -0.39 is 0 Å². The Balaban J connectivity index is 2.08. The molecule has 0 radical (unpaired) electrons. The molecule has 15 heavy (non-hydrogen) atoms. The van der Waals surface area contributed by atoms with Gasteiger partial charge in [0.05, 0.1) is 24.6 Å². The van der Waals surface area contributed by atoms with Gasteiger partial charge in [-0.3, -0.25) is 4.79 Å². The van der Waals surface area contributed by atoms with Crippen LogP contribution >= 0.6 is 0 Å². The first-order chi connectivity index (χ1) is 7.29. The molecule has 0 fully saturated rings. The summed E-state index contributed by atoms with van der Waals surface area (Å²) >= 11 is 0. The predicted octanol–water partition coefficient (Wildman–Crippen LogP) is 1.28. The molecule has 2 rings (SSSR count). The van der Waals surface area contributed by atoms with Crippen LogP contribution in [0, 0.1) is 11.3 Å². The minimum atomic E-state index is 0.0133. The van der Waals surface area contributed by atoms with Crippen molar-refractivity contribution >= 4 is 12.1 Å². The number of nitrogens with zero attached hydrogens (tertiary/aromatic N) is 3. The van der Waals surface area contributed by atoms with Crippen LogP contribution in [0.2, 0.25) is 0 Å². The molecular weight excluding hydrogens is 190 g/mol. The van der Waals surface area contributed by atoms with Crippen LogP contribution in [0.4, 0.5) is 0 Å². The van der Waals surface area contributed by atoms with E-state index in [1.54, 1.807) is 18.3 Å². The van der Waals surface area contributed by atoms with Crippen molar-refractivity contribution in [1.29, 1.82) is 5.26 Å². The summed E-state index contributed by atoms with van der Waals surface area (Å²) in [5.74, 6) is 0.0133. The maximum Gasteiger partial charge on any atom is 0.248 e. The highest BCUT2D eigenvalue weighted by molar-refractivity contribution is 5.93.